The van der Waals surface area contributed by atoms with Crippen LogP contribution in [0, 0.1) is 5.41 Å². The Morgan fingerprint density at radius 2 is 1.65 bits per heavy atom. The lowest BCUT2D eigenvalue weighted by molar-refractivity contribution is -0.145. The minimum atomic E-state index is -1.40. The molecule has 0 aliphatic heterocycles. The van der Waals surface area contributed by atoms with Gasteiger partial charge in [-0.25, -0.2) is 0 Å². The van der Waals surface area contributed by atoms with Crippen molar-refractivity contribution in [3.8, 4) is 5.75 Å². The van der Waals surface area contributed by atoms with Crippen molar-refractivity contribution in [3.63, 3.8) is 0 Å². The number of hydrogen-bond acceptors (Lipinski definition) is 3. The summed E-state index contributed by atoms with van der Waals surface area (Å²) in [4.78, 5) is 23.8. The molecule has 0 bridgehead atoms. The van der Waals surface area contributed by atoms with Gasteiger partial charge in [0, 0.05) is 5.56 Å². The number of carbonyl (C=O) groups is 2. The molecule has 0 aromatic heterocycles. The van der Waals surface area contributed by atoms with Crippen LogP contribution in [0.5, 0.6) is 5.75 Å². The van der Waals surface area contributed by atoms with E-state index >= 15 is 0 Å². The Morgan fingerprint density at radius 1 is 1.04 bits per heavy atom. The number of hydrogen-bond donors (Lipinski definition) is 1. The number of ether oxygens (including phenoxy) is 1. The molecule has 2 aromatic rings. The Kier molecular flexibility index (Phi) is 5.16. The Balaban J connectivity index is 2.07. The van der Waals surface area contributed by atoms with Crippen LogP contribution in [0.3, 0.4) is 0 Å². The number of Topliss-reactive ketones (excluding diaryl/α,β-unsaturated/α-hetero) is 1. The molecule has 0 spiro atoms. The molecule has 0 radical (unpaired) electrons. The van der Waals surface area contributed by atoms with Gasteiger partial charge in [0.15, 0.2) is 5.78 Å². The summed E-state index contributed by atoms with van der Waals surface area (Å²) in [6.45, 7) is 3.59. The number of benzene rings is 2. The van der Waals surface area contributed by atoms with Gasteiger partial charge in [0.05, 0.1) is 0 Å². The van der Waals surface area contributed by atoms with Crippen molar-refractivity contribution in [2.24, 2.45) is 5.41 Å². The normalized spacial score (nSPS) is 13.1. The molecule has 4 nitrogen and oxygen atoms in total. The fourth-order valence-corrected chi connectivity index (χ4v) is 2.17. The first-order valence-electron chi connectivity index (χ1n) is 7.52. The van der Waals surface area contributed by atoms with Gasteiger partial charge in [-0.1, -0.05) is 37.3 Å². The number of aliphatic carboxylic acids is 1. The summed E-state index contributed by atoms with van der Waals surface area (Å²) < 4.78 is 5.66. The molecule has 1 atom stereocenters. The number of carboxylic acids is 1. The summed E-state index contributed by atoms with van der Waals surface area (Å²) in [5.74, 6) is -0.851. The van der Waals surface area contributed by atoms with E-state index < -0.39 is 11.4 Å². The Morgan fingerprint density at radius 3 is 2.17 bits per heavy atom. The highest BCUT2D eigenvalue weighted by atomic mass is 16.5. The summed E-state index contributed by atoms with van der Waals surface area (Å²) in [7, 11) is 0. The molecular weight excluding hydrogens is 292 g/mol. The molecular formula is C19H20O4. The van der Waals surface area contributed by atoms with Gasteiger partial charge in [0.25, 0.3) is 0 Å². The second-order valence-electron chi connectivity index (χ2n) is 5.62. The van der Waals surface area contributed by atoms with E-state index in [0.29, 0.717) is 17.9 Å². The molecule has 0 fully saturated rings. The van der Waals surface area contributed by atoms with Crippen molar-refractivity contribution in [2.45, 2.75) is 26.9 Å². The zero-order valence-electron chi connectivity index (χ0n) is 13.3. The van der Waals surface area contributed by atoms with Gasteiger partial charge in [-0.2, -0.15) is 0 Å². The largest absolute Gasteiger partial charge is 0.489 e. The van der Waals surface area contributed by atoms with Crippen LogP contribution in [0.1, 0.15) is 36.2 Å². The summed E-state index contributed by atoms with van der Waals surface area (Å²) in [5.41, 5.74) is 0.0350. The number of rotatable bonds is 7. The fourth-order valence-electron chi connectivity index (χ4n) is 2.17. The third-order valence-corrected chi connectivity index (χ3v) is 4.05. The molecule has 1 unspecified atom stereocenters. The molecule has 23 heavy (non-hydrogen) atoms. The minimum absolute atomic E-state index is 0.243. The first kappa shape index (κ1) is 16.7. The summed E-state index contributed by atoms with van der Waals surface area (Å²) in [5, 5.41) is 9.28. The highest BCUT2D eigenvalue weighted by molar-refractivity contribution is 6.11. The maximum absolute atomic E-state index is 12.4. The highest BCUT2D eigenvalue weighted by Crippen LogP contribution is 2.28. The van der Waals surface area contributed by atoms with Crippen LogP contribution in [-0.4, -0.2) is 16.9 Å². The van der Waals surface area contributed by atoms with Crippen molar-refractivity contribution in [1.82, 2.24) is 0 Å². The Hall–Kier alpha value is -2.62. The van der Waals surface area contributed by atoms with Crippen molar-refractivity contribution in [3.05, 3.63) is 65.7 Å². The van der Waals surface area contributed by atoms with Gasteiger partial charge >= 0.3 is 5.97 Å². The van der Waals surface area contributed by atoms with Crippen molar-refractivity contribution < 1.29 is 19.4 Å². The van der Waals surface area contributed by atoms with Gasteiger partial charge < -0.3 is 9.84 Å². The molecule has 0 amide bonds. The smallest absolute Gasteiger partial charge is 0.317 e. The van der Waals surface area contributed by atoms with Gasteiger partial charge in [-0.05, 0) is 43.2 Å². The predicted molar refractivity (Wildman–Crippen MR) is 87.6 cm³/mol. The van der Waals surface area contributed by atoms with Crippen LogP contribution < -0.4 is 4.74 Å². The number of carbonyl (C=O) groups excluding carboxylic acids is 1. The van der Waals surface area contributed by atoms with E-state index in [1.54, 1.807) is 31.2 Å². The monoisotopic (exact) mass is 312 g/mol. The Bertz CT molecular complexity index is 676. The summed E-state index contributed by atoms with van der Waals surface area (Å²) in [6, 6.07) is 16.4. The molecule has 0 heterocycles. The lowest BCUT2D eigenvalue weighted by Crippen LogP contribution is -2.35. The predicted octanol–water partition coefficient (Wildman–Crippen LogP) is 3.95. The minimum Gasteiger partial charge on any atom is -0.489 e. The first-order chi connectivity index (χ1) is 11.0. The Labute approximate surface area is 135 Å². The van der Waals surface area contributed by atoms with Crippen LogP contribution >= 0.6 is 0 Å². The maximum Gasteiger partial charge on any atom is 0.317 e. The van der Waals surface area contributed by atoms with E-state index in [1.165, 1.54) is 6.92 Å². The zero-order chi connectivity index (χ0) is 16.9. The molecule has 4 heteroatoms. The van der Waals surface area contributed by atoms with E-state index in [4.69, 9.17) is 4.74 Å². The number of ketones is 1. The van der Waals surface area contributed by atoms with Crippen LogP contribution in [0.2, 0.25) is 0 Å². The van der Waals surface area contributed by atoms with Crippen molar-refractivity contribution in [2.75, 3.05) is 0 Å². The molecule has 2 rings (SSSR count). The third kappa shape index (κ3) is 3.77. The standard InChI is InChI=1S/C19H20O4/c1-3-19(2,18(21)22)17(20)15-9-11-16(12-10-15)23-13-14-7-5-4-6-8-14/h4-12H,3,13H2,1-2H3,(H,21,22). The maximum atomic E-state index is 12.4. The van der Waals surface area contributed by atoms with Crippen molar-refractivity contribution in [1.29, 1.82) is 0 Å². The molecule has 1 N–H and O–H groups in total. The van der Waals surface area contributed by atoms with Gasteiger partial charge in [-0.15, -0.1) is 0 Å². The van der Waals surface area contributed by atoms with E-state index in [-0.39, 0.29) is 12.2 Å². The fraction of sp³-hybridized carbons (Fsp3) is 0.263. The van der Waals surface area contributed by atoms with Crippen LogP contribution in [0.15, 0.2) is 54.6 Å². The quantitative estimate of drug-likeness (QED) is 0.621. The first-order valence-corrected chi connectivity index (χ1v) is 7.52. The van der Waals surface area contributed by atoms with Crippen LogP contribution in [-0.2, 0) is 11.4 Å². The highest BCUT2D eigenvalue weighted by Gasteiger charge is 2.39. The van der Waals surface area contributed by atoms with Crippen LogP contribution in [0.4, 0.5) is 0 Å². The van der Waals surface area contributed by atoms with Crippen LogP contribution in [0.25, 0.3) is 0 Å². The average Bonchev–Trinajstić information content (AvgIpc) is 2.59. The molecule has 0 saturated carbocycles. The molecule has 120 valence electrons. The molecule has 0 saturated heterocycles. The second kappa shape index (κ2) is 7.09. The third-order valence-electron chi connectivity index (χ3n) is 4.05. The van der Waals surface area contributed by atoms with Gasteiger partial charge in [-0.3, -0.25) is 9.59 Å². The lowest BCUT2D eigenvalue weighted by Gasteiger charge is -2.21. The van der Waals surface area contributed by atoms with Crippen molar-refractivity contribution >= 4 is 11.8 Å². The van der Waals surface area contributed by atoms with Gasteiger partial charge in [0.2, 0.25) is 0 Å². The summed E-state index contributed by atoms with van der Waals surface area (Å²) >= 11 is 0. The molecule has 0 aliphatic carbocycles. The SMILES string of the molecule is CCC(C)(C(=O)O)C(=O)c1ccc(OCc2ccccc2)cc1. The zero-order valence-corrected chi connectivity index (χ0v) is 13.3. The van der Waals surface area contributed by atoms with E-state index in [0.717, 1.165) is 5.56 Å². The summed E-state index contributed by atoms with van der Waals surface area (Å²) in [6.07, 6.45) is 0.243. The van der Waals surface area contributed by atoms with E-state index in [1.807, 2.05) is 30.3 Å². The second-order valence-corrected chi connectivity index (χ2v) is 5.62. The van der Waals surface area contributed by atoms with E-state index in [9.17, 15) is 14.7 Å². The molecule has 2 aromatic carbocycles. The average molecular weight is 312 g/mol. The van der Waals surface area contributed by atoms with E-state index in [2.05, 4.69) is 0 Å². The van der Waals surface area contributed by atoms with Gasteiger partial charge in [0.1, 0.15) is 17.8 Å². The molecule has 0 aliphatic rings. The topological polar surface area (TPSA) is 63.6 Å². The number of carboxylic acid groups (broad SMARTS) is 1. The lowest BCUT2D eigenvalue weighted by atomic mass is 9.80.